The Morgan fingerprint density at radius 2 is 1.92 bits per heavy atom. The Morgan fingerprint density at radius 1 is 1.22 bits per heavy atom. The van der Waals surface area contributed by atoms with E-state index in [0.29, 0.717) is 13.0 Å². The number of hydroxylamine groups is 2. The van der Waals surface area contributed by atoms with E-state index in [-0.39, 0.29) is 40.6 Å². The van der Waals surface area contributed by atoms with E-state index in [1.807, 2.05) is 25.3 Å². The van der Waals surface area contributed by atoms with Crippen molar-refractivity contribution in [3.63, 3.8) is 0 Å². The first-order valence-corrected chi connectivity index (χ1v) is 13.3. The van der Waals surface area contributed by atoms with E-state index >= 15 is 0 Å². The third-order valence-electron chi connectivity index (χ3n) is 10.2. The lowest BCUT2D eigenvalue weighted by Gasteiger charge is -2.60. The SMILES string of the molecule is COC(=O)[C@@]1(ON(C)Cc2ccc(O)cc2)[C@H](C)CC2C3CCC4=CC(=O)C=CC4(C)C3C(O)CC21C. The van der Waals surface area contributed by atoms with Crippen LogP contribution in [-0.2, 0) is 25.7 Å². The first kappa shape index (κ1) is 26.1. The zero-order chi connectivity index (χ0) is 26.8. The monoisotopic (exact) mass is 509 g/mol. The van der Waals surface area contributed by atoms with E-state index in [9.17, 15) is 19.8 Å². The Hall–Kier alpha value is -2.48. The molecule has 37 heavy (non-hydrogen) atoms. The second-order valence-electron chi connectivity index (χ2n) is 12.1. The Morgan fingerprint density at radius 3 is 2.59 bits per heavy atom. The predicted molar refractivity (Wildman–Crippen MR) is 138 cm³/mol. The number of carbonyl (C=O) groups is 2. The molecular formula is C30H39NO6. The molecule has 0 heterocycles. The van der Waals surface area contributed by atoms with Gasteiger partial charge < -0.3 is 14.9 Å². The number of allylic oxidation sites excluding steroid dienone is 4. The van der Waals surface area contributed by atoms with Gasteiger partial charge in [0.25, 0.3) is 0 Å². The molecule has 0 bridgehead atoms. The smallest absolute Gasteiger partial charge is 0.341 e. The van der Waals surface area contributed by atoms with Crippen LogP contribution in [0.4, 0.5) is 0 Å². The van der Waals surface area contributed by atoms with Crippen LogP contribution in [0.15, 0.2) is 48.1 Å². The van der Waals surface area contributed by atoms with Crippen molar-refractivity contribution in [2.75, 3.05) is 14.2 Å². The van der Waals surface area contributed by atoms with E-state index in [2.05, 4.69) is 20.8 Å². The van der Waals surface area contributed by atoms with Crippen molar-refractivity contribution in [1.82, 2.24) is 5.06 Å². The summed E-state index contributed by atoms with van der Waals surface area (Å²) in [5.41, 5.74) is -0.212. The molecule has 4 aliphatic rings. The van der Waals surface area contributed by atoms with Crippen LogP contribution < -0.4 is 0 Å². The number of hydrogen-bond acceptors (Lipinski definition) is 7. The van der Waals surface area contributed by atoms with Gasteiger partial charge in [-0.2, -0.15) is 5.06 Å². The Bertz CT molecular complexity index is 1140. The van der Waals surface area contributed by atoms with Crippen LogP contribution in [0, 0.1) is 34.5 Å². The topological polar surface area (TPSA) is 96.3 Å². The molecule has 3 fully saturated rings. The zero-order valence-electron chi connectivity index (χ0n) is 22.4. The lowest BCUT2D eigenvalue weighted by molar-refractivity contribution is -0.295. The second kappa shape index (κ2) is 9.07. The molecule has 4 aliphatic carbocycles. The molecule has 0 spiro atoms. The molecule has 0 aliphatic heterocycles. The number of nitrogens with zero attached hydrogens (tertiary/aromatic N) is 1. The number of carbonyl (C=O) groups excluding carboxylic acids is 2. The molecule has 0 amide bonds. The lowest BCUT2D eigenvalue weighted by Crippen LogP contribution is -2.64. The second-order valence-corrected chi connectivity index (χ2v) is 12.1. The molecule has 7 nitrogen and oxygen atoms in total. The third-order valence-corrected chi connectivity index (χ3v) is 10.2. The molecule has 0 saturated heterocycles. The van der Waals surface area contributed by atoms with Crippen LogP contribution in [-0.4, -0.2) is 52.9 Å². The van der Waals surface area contributed by atoms with Gasteiger partial charge in [-0.1, -0.05) is 44.6 Å². The fourth-order valence-corrected chi connectivity index (χ4v) is 8.60. The van der Waals surface area contributed by atoms with Gasteiger partial charge in [0.15, 0.2) is 11.4 Å². The van der Waals surface area contributed by atoms with Crippen LogP contribution in [0.5, 0.6) is 5.75 Å². The minimum absolute atomic E-state index is 0.0188. The van der Waals surface area contributed by atoms with Gasteiger partial charge in [0.1, 0.15) is 5.75 Å². The van der Waals surface area contributed by atoms with Gasteiger partial charge in [-0.25, -0.2) is 4.79 Å². The third kappa shape index (κ3) is 3.81. The van der Waals surface area contributed by atoms with E-state index in [1.54, 1.807) is 29.3 Å². The van der Waals surface area contributed by atoms with Crippen molar-refractivity contribution in [1.29, 1.82) is 0 Å². The number of hydrogen-bond donors (Lipinski definition) is 2. The fourth-order valence-electron chi connectivity index (χ4n) is 8.60. The van der Waals surface area contributed by atoms with Crippen LogP contribution in [0.2, 0.25) is 0 Å². The number of ether oxygens (including phenoxy) is 1. The maximum absolute atomic E-state index is 13.7. The Labute approximate surface area is 219 Å². The molecule has 1 aromatic carbocycles. The summed E-state index contributed by atoms with van der Waals surface area (Å²) in [6, 6.07) is 6.92. The van der Waals surface area contributed by atoms with Crippen molar-refractivity contribution >= 4 is 11.8 Å². The molecule has 7 heteroatoms. The molecule has 0 radical (unpaired) electrons. The molecule has 6 unspecified atom stereocenters. The Balaban J connectivity index is 1.50. The summed E-state index contributed by atoms with van der Waals surface area (Å²) >= 11 is 0. The van der Waals surface area contributed by atoms with Crippen molar-refractivity contribution < 1.29 is 29.4 Å². The summed E-state index contributed by atoms with van der Waals surface area (Å²) in [5.74, 6) is 0.00132. The first-order chi connectivity index (χ1) is 17.5. The lowest BCUT2D eigenvalue weighted by atomic mass is 9.46. The number of ketones is 1. The summed E-state index contributed by atoms with van der Waals surface area (Å²) < 4.78 is 5.41. The summed E-state index contributed by atoms with van der Waals surface area (Å²) in [7, 11) is 3.22. The van der Waals surface area contributed by atoms with Crippen molar-refractivity contribution in [3.05, 3.63) is 53.6 Å². The number of aliphatic hydroxyl groups is 1. The number of aromatic hydroxyl groups is 1. The minimum atomic E-state index is -1.25. The summed E-state index contributed by atoms with van der Waals surface area (Å²) in [4.78, 5) is 32.5. The van der Waals surface area contributed by atoms with Crippen molar-refractivity contribution in [2.45, 2.75) is 64.7 Å². The molecule has 0 aromatic heterocycles. The number of esters is 1. The quantitative estimate of drug-likeness (QED) is 0.454. The molecule has 5 rings (SSSR count). The van der Waals surface area contributed by atoms with E-state index in [4.69, 9.17) is 9.57 Å². The van der Waals surface area contributed by atoms with Crippen molar-refractivity contribution in [2.24, 2.45) is 34.5 Å². The molecule has 1 aromatic rings. The number of fused-ring (bicyclic) bond motifs is 5. The maximum atomic E-state index is 13.7. The zero-order valence-corrected chi connectivity index (χ0v) is 22.4. The standard InChI is InChI=1S/C30H39NO6/c1-18-14-24-23-11-8-20-15-22(33)12-13-28(20,2)26(23)25(34)16-29(24,3)30(18,27(35)36-5)37-31(4)17-19-6-9-21(32)10-7-19/h6-7,9-10,12-13,15,18,23-26,32,34H,8,11,14,16-17H2,1-5H3/t18-,23?,24?,25?,26?,28?,29?,30+/m1/s1. The van der Waals surface area contributed by atoms with Gasteiger partial charge in [0.2, 0.25) is 0 Å². The summed E-state index contributed by atoms with van der Waals surface area (Å²) in [6.45, 7) is 6.73. The molecule has 8 atom stereocenters. The highest BCUT2D eigenvalue weighted by Gasteiger charge is 2.73. The predicted octanol–water partition coefficient (Wildman–Crippen LogP) is 4.19. The number of phenolic OH excluding ortho intramolecular Hbond substituents is 1. The van der Waals surface area contributed by atoms with Crippen molar-refractivity contribution in [3.8, 4) is 5.75 Å². The average Bonchev–Trinajstić information content (AvgIpc) is 3.07. The van der Waals surface area contributed by atoms with Gasteiger partial charge in [0, 0.05) is 30.3 Å². The van der Waals surface area contributed by atoms with E-state index < -0.39 is 23.1 Å². The van der Waals surface area contributed by atoms with Crippen LogP contribution in [0.1, 0.15) is 52.0 Å². The average molecular weight is 510 g/mol. The fraction of sp³-hybridized carbons (Fsp3) is 0.600. The highest BCUT2D eigenvalue weighted by atomic mass is 16.7. The van der Waals surface area contributed by atoms with E-state index in [0.717, 1.165) is 30.4 Å². The molecule has 2 N–H and O–H groups in total. The van der Waals surface area contributed by atoms with Crippen LogP contribution in [0.25, 0.3) is 0 Å². The molecular weight excluding hydrogens is 470 g/mol. The highest BCUT2D eigenvalue weighted by molar-refractivity contribution is 6.01. The molecule has 200 valence electrons. The number of aliphatic hydroxyl groups excluding tert-OH is 1. The van der Waals surface area contributed by atoms with Gasteiger partial charge in [-0.05, 0) is 73.3 Å². The molecule has 3 saturated carbocycles. The normalized spacial score (nSPS) is 40.6. The van der Waals surface area contributed by atoms with Crippen LogP contribution in [0.3, 0.4) is 0 Å². The van der Waals surface area contributed by atoms with Gasteiger partial charge in [-0.3, -0.25) is 9.63 Å². The number of phenols is 1. The first-order valence-electron chi connectivity index (χ1n) is 13.3. The van der Waals surface area contributed by atoms with Gasteiger partial charge in [0.05, 0.1) is 13.2 Å². The van der Waals surface area contributed by atoms with E-state index in [1.165, 1.54) is 7.11 Å². The highest BCUT2D eigenvalue weighted by Crippen LogP contribution is 2.69. The number of methoxy groups -OCH3 is 1. The number of rotatable bonds is 5. The van der Waals surface area contributed by atoms with Crippen LogP contribution >= 0.6 is 0 Å². The number of benzene rings is 1. The minimum Gasteiger partial charge on any atom is -0.508 e. The van der Waals surface area contributed by atoms with Gasteiger partial charge >= 0.3 is 5.97 Å². The summed E-state index contributed by atoms with van der Waals surface area (Å²) in [5, 5.41) is 23.1. The largest absolute Gasteiger partial charge is 0.508 e. The maximum Gasteiger partial charge on any atom is 0.341 e. The Kier molecular flexibility index (Phi) is 6.41. The summed E-state index contributed by atoms with van der Waals surface area (Å²) in [6.07, 6.45) is 7.64. The van der Waals surface area contributed by atoms with Gasteiger partial charge in [-0.15, -0.1) is 0 Å².